The summed E-state index contributed by atoms with van der Waals surface area (Å²) in [6.07, 6.45) is -0.863. The zero-order chi connectivity index (χ0) is 22.4. The number of aromatic nitrogens is 1. The van der Waals surface area contributed by atoms with Crippen LogP contribution in [0.15, 0.2) is 42.5 Å². The SMILES string of the molecule is NC(=O)c1c(OCc2c(CF)ccc(Cl)c2CF)nsc1NC(=O)Oc1ccccc1. The van der Waals surface area contributed by atoms with Gasteiger partial charge in [0.15, 0.2) is 0 Å². The molecule has 0 unspecified atom stereocenters. The second-order valence-corrected chi connectivity index (χ2v) is 7.28. The summed E-state index contributed by atoms with van der Waals surface area (Å²) in [6.45, 7) is -2.10. The number of ether oxygens (including phenoxy) is 2. The number of hydrogen-bond donors (Lipinski definition) is 2. The Bertz CT molecular complexity index is 1100. The standard InChI is InChI=1S/C20H16ClF2N3O4S/c21-15-7-6-11(8-22)14(13(15)9-23)10-29-18-16(17(24)27)19(31-26-18)25-20(28)30-12-4-2-1-3-5-12/h1-7H,8-10H2,(H2,24,27)(H,25,28). The lowest BCUT2D eigenvalue weighted by Crippen LogP contribution is -2.20. The molecule has 0 aliphatic heterocycles. The number of alkyl halides is 2. The maximum atomic E-state index is 13.4. The molecule has 7 nitrogen and oxygen atoms in total. The van der Waals surface area contributed by atoms with Crippen LogP contribution < -0.4 is 20.5 Å². The van der Waals surface area contributed by atoms with Gasteiger partial charge < -0.3 is 15.2 Å². The molecule has 0 aliphatic rings. The lowest BCUT2D eigenvalue weighted by Gasteiger charge is -2.13. The molecule has 0 saturated heterocycles. The minimum atomic E-state index is -0.927. The maximum Gasteiger partial charge on any atom is 0.417 e. The van der Waals surface area contributed by atoms with E-state index >= 15 is 0 Å². The van der Waals surface area contributed by atoms with Gasteiger partial charge in [-0.1, -0.05) is 35.9 Å². The first kappa shape index (κ1) is 22.4. The van der Waals surface area contributed by atoms with Crippen molar-refractivity contribution < 1.29 is 27.8 Å². The minimum Gasteiger partial charge on any atom is -0.472 e. The fraction of sp³-hybridized carbons (Fsp3) is 0.150. The number of para-hydroxylation sites is 1. The van der Waals surface area contributed by atoms with Gasteiger partial charge in [0.1, 0.15) is 36.3 Å². The van der Waals surface area contributed by atoms with Crippen LogP contribution in [0.4, 0.5) is 18.6 Å². The quantitative estimate of drug-likeness (QED) is 0.484. The van der Waals surface area contributed by atoms with E-state index in [1.807, 2.05) is 0 Å². The number of nitrogens with zero attached hydrogens (tertiary/aromatic N) is 1. The van der Waals surface area contributed by atoms with E-state index in [-0.39, 0.29) is 44.8 Å². The molecule has 3 aromatic rings. The van der Waals surface area contributed by atoms with Gasteiger partial charge in [-0.05, 0) is 35.3 Å². The molecule has 0 saturated carbocycles. The number of hydrogen-bond acceptors (Lipinski definition) is 6. The molecule has 3 rings (SSSR count). The van der Waals surface area contributed by atoms with Crippen molar-refractivity contribution in [3.8, 4) is 11.6 Å². The number of benzene rings is 2. The summed E-state index contributed by atoms with van der Waals surface area (Å²) < 4.78 is 41.3. The van der Waals surface area contributed by atoms with Crippen molar-refractivity contribution in [3.05, 3.63) is 69.7 Å². The Morgan fingerprint density at radius 2 is 1.84 bits per heavy atom. The van der Waals surface area contributed by atoms with Crippen molar-refractivity contribution >= 4 is 40.1 Å². The number of nitrogens with two attached hydrogens (primary N) is 1. The first-order chi connectivity index (χ1) is 14.9. The molecule has 1 heterocycles. The van der Waals surface area contributed by atoms with Gasteiger partial charge in [-0.15, -0.1) is 0 Å². The summed E-state index contributed by atoms with van der Waals surface area (Å²) in [5.41, 5.74) is 5.69. The normalized spacial score (nSPS) is 10.5. The highest BCUT2D eigenvalue weighted by molar-refractivity contribution is 7.11. The van der Waals surface area contributed by atoms with Gasteiger partial charge in [-0.3, -0.25) is 10.1 Å². The van der Waals surface area contributed by atoms with Crippen molar-refractivity contribution in [1.29, 1.82) is 0 Å². The van der Waals surface area contributed by atoms with Crippen LogP contribution >= 0.6 is 23.1 Å². The van der Waals surface area contributed by atoms with Crippen LogP contribution in [0.25, 0.3) is 0 Å². The van der Waals surface area contributed by atoms with E-state index in [2.05, 4.69) is 9.69 Å². The molecule has 31 heavy (non-hydrogen) atoms. The summed E-state index contributed by atoms with van der Waals surface area (Å²) >= 11 is 6.72. The average Bonchev–Trinajstić information content (AvgIpc) is 3.15. The Hall–Kier alpha value is -3.24. The molecule has 2 aromatic carbocycles. The Balaban J connectivity index is 1.79. The smallest absolute Gasteiger partial charge is 0.417 e. The highest BCUT2D eigenvalue weighted by Crippen LogP contribution is 2.32. The van der Waals surface area contributed by atoms with Crippen LogP contribution in [0.2, 0.25) is 5.02 Å². The Morgan fingerprint density at radius 3 is 2.48 bits per heavy atom. The number of amides is 2. The third-order valence-corrected chi connectivity index (χ3v) is 5.28. The van der Waals surface area contributed by atoms with Gasteiger partial charge in [0, 0.05) is 16.1 Å². The summed E-state index contributed by atoms with van der Waals surface area (Å²) in [7, 11) is 0. The zero-order valence-electron chi connectivity index (χ0n) is 15.9. The topological polar surface area (TPSA) is 104 Å². The molecule has 0 atom stereocenters. The van der Waals surface area contributed by atoms with Gasteiger partial charge in [0.25, 0.3) is 5.91 Å². The summed E-state index contributed by atoms with van der Waals surface area (Å²) in [6, 6.07) is 11.1. The lowest BCUT2D eigenvalue weighted by atomic mass is 10.0. The van der Waals surface area contributed by atoms with Crippen LogP contribution in [0.1, 0.15) is 27.0 Å². The Kier molecular flexibility index (Phi) is 7.37. The van der Waals surface area contributed by atoms with Crippen LogP contribution in [0.5, 0.6) is 11.6 Å². The predicted octanol–water partition coefficient (Wildman–Crippen LogP) is 5.02. The van der Waals surface area contributed by atoms with Crippen LogP contribution in [0, 0.1) is 0 Å². The molecule has 0 fully saturated rings. The first-order valence-electron chi connectivity index (χ1n) is 8.81. The predicted molar refractivity (Wildman–Crippen MR) is 112 cm³/mol. The number of halogens is 3. The maximum absolute atomic E-state index is 13.4. The number of rotatable bonds is 8. The number of anilines is 1. The van der Waals surface area contributed by atoms with Crippen molar-refractivity contribution in [1.82, 2.24) is 4.37 Å². The number of nitrogens with one attached hydrogen (secondary N) is 1. The van der Waals surface area contributed by atoms with Crippen molar-refractivity contribution in [3.63, 3.8) is 0 Å². The van der Waals surface area contributed by atoms with Crippen molar-refractivity contribution in [2.24, 2.45) is 5.73 Å². The largest absolute Gasteiger partial charge is 0.472 e. The minimum absolute atomic E-state index is 0.00551. The second-order valence-electron chi connectivity index (χ2n) is 6.10. The van der Waals surface area contributed by atoms with Crippen LogP contribution in [-0.2, 0) is 20.0 Å². The molecular weight excluding hydrogens is 452 g/mol. The first-order valence-corrected chi connectivity index (χ1v) is 9.97. The fourth-order valence-corrected chi connectivity index (χ4v) is 3.65. The second kappa shape index (κ2) is 10.2. The number of primary amides is 1. The molecule has 0 spiro atoms. The molecule has 2 amide bonds. The van der Waals surface area contributed by atoms with Gasteiger partial charge in [0.2, 0.25) is 5.88 Å². The van der Waals surface area contributed by atoms with E-state index in [9.17, 15) is 18.4 Å². The van der Waals surface area contributed by atoms with Gasteiger partial charge in [-0.25, -0.2) is 13.6 Å². The number of carbonyl (C=O) groups is 2. The third kappa shape index (κ3) is 5.28. The van der Waals surface area contributed by atoms with Crippen molar-refractivity contribution in [2.45, 2.75) is 20.0 Å². The molecule has 11 heteroatoms. The molecule has 3 N–H and O–H groups in total. The van der Waals surface area contributed by atoms with E-state index in [1.54, 1.807) is 30.3 Å². The molecule has 0 aliphatic carbocycles. The Morgan fingerprint density at radius 1 is 1.10 bits per heavy atom. The monoisotopic (exact) mass is 467 g/mol. The number of carbonyl (C=O) groups excluding carboxylic acids is 2. The third-order valence-electron chi connectivity index (χ3n) is 4.18. The molecule has 0 radical (unpaired) electrons. The van der Waals surface area contributed by atoms with Crippen molar-refractivity contribution in [2.75, 3.05) is 5.32 Å². The van der Waals surface area contributed by atoms with Crippen LogP contribution in [-0.4, -0.2) is 16.4 Å². The molecule has 1 aromatic heterocycles. The summed E-state index contributed by atoms with van der Waals surface area (Å²) in [5.74, 6) is -0.816. The highest BCUT2D eigenvalue weighted by Gasteiger charge is 2.23. The van der Waals surface area contributed by atoms with E-state index in [4.69, 9.17) is 26.8 Å². The van der Waals surface area contributed by atoms with E-state index in [0.29, 0.717) is 5.75 Å². The molecule has 162 valence electrons. The van der Waals surface area contributed by atoms with Gasteiger partial charge in [-0.2, -0.15) is 4.37 Å². The van der Waals surface area contributed by atoms with Crippen LogP contribution in [0.3, 0.4) is 0 Å². The van der Waals surface area contributed by atoms with E-state index < -0.39 is 25.3 Å². The van der Waals surface area contributed by atoms with Gasteiger partial charge >= 0.3 is 6.09 Å². The Labute approximate surface area is 184 Å². The van der Waals surface area contributed by atoms with Gasteiger partial charge in [0.05, 0.1) is 0 Å². The summed E-state index contributed by atoms with van der Waals surface area (Å²) in [5, 5.41) is 2.51. The summed E-state index contributed by atoms with van der Waals surface area (Å²) in [4.78, 5) is 24.0. The molecule has 0 bridgehead atoms. The van der Waals surface area contributed by atoms with E-state index in [1.165, 1.54) is 12.1 Å². The van der Waals surface area contributed by atoms with E-state index in [0.717, 1.165) is 11.5 Å². The lowest BCUT2D eigenvalue weighted by molar-refractivity contribution is 0.0996. The fourth-order valence-electron chi connectivity index (χ4n) is 2.69. The highest BCUT2D eigenvalue weighted by atomic mass is 35.5. The average molecular weight is 468 g/mol. The zero-order valence-corrected chi connectivity index (χ0v) is 17.4. The molecular formula is C20H16ClF2N3O4S.